The first-order valence-electron chi connectivity index (χ1n) is 10.7. The maximum atomic E-state index is 12.9. The Morgan fingerprint density at radius 2 is 1.59 bits per heavy atom. The summed E-state index contributed by atoms with van der Waals surface area (Å²) >= 11 is 0. The van der Waals surface area contributed by atoms with Crippen molar-refractivity contribution in [2.45, 2.75) is 51.9 Å². The molecule has 0 saturated carbocycles. The third-order valence-corrected chi connectivity index (χ3v) is 5.28. The Hall–Kier alpha value is -2.81. The largest absolute Gasteiger partial charge is 0.463 e. The fraction of sp³-hybridized carbons (Fsp3) is 0.346. The molecule has 1 aliphatic rings. The molecule has 0 saturated heterocycles. The fourth-order valence-corrected chi connectivity index (χ4v) is 3.85. The van der Waals surface area contributed by atoms with Gasteiger partial charge in [-0.2, -0.15) is 0 Å². The lowest BCUT2D eigenvalue weighted by atomic mass is 9.81. The predicted molar refractivity (Wildman–Crippen MR) is 120 cm³/mol. The number of hydrogen-bond donors (Lipinski definition) is 0. The van der Waals surface area contributed by atoms with Crippen LogP contribution in [0.15, 0.2) is 84.2 Å². The molecule has 3 nitrogen and oxygen atoms in total. The second-order valence-corrected chi connectivity index (χ2v) is 7.41. The van der Waals surface area contributed by atoms with Gasteiger partial charge in [0.2, 0.25) is 0 Å². The van der Waals surface area contributed by atoms with Crippen LogP contribution < -0.4 is 4.90 Å². The molecule has 0 radical (unpaired) electrons. The number of unbranched alkanes of at least 4 members (excludes halogenated alkanes) is 3. The van der Waals surface area contributed by atoms with Crippen LogP contribution in [-0.2, 0) is 9.53 Å². The molecule has 0 fully saturated rings. The van der Waals surface area contributed by atoms with Crippen LogP contribution in [0.4, 0.5) is 5.69 Å². The number of carbonyl (C=O) groups excluding carboxylic acids is 1. The highest BCUT2D eigenvalue weighted by Crippen LogP contribution is 2.40. The Kier molecular flexibility index (Phi) is 7.69. The van der Waals surface area contributed by atoms with Crippen LogP contribution in [0.25, 0.3) is 0 Å². The monoisotopic (exact) mass is 389 g/mol. The highest BCUT2D eigenvalue weighted by atomic mass is 16.5. The Labute approximate surface area is 174 Å². The van der Waals surface area contributed by atoms with E-state index in [9.17, 15) is 4.79 Å². The summed E-state index contributed by atoms with van der Waals surface area (Å²) in [6.07, 6.45) is 9.92. The molecule has 0 spiro atoms. The first kappa shape index (κ1) is 20.9. The average Bonchev–Trinajstić information content (AvgIpc) is 2.77. The van der Waals surface area contributed by atoms with Crippen molar-refractivity contribution in [3.05, 3.63) is 89.8 Å². The van der Waals surface area contributed by atoms with E-state index < -0.39 is 0 Å². The summed E-state index contributed by atoms with van der Waals surface area (Å²) < 4.78 is 5.45. The molecule has 1 unspecified atom stereocenters. The van der Waals surface area contributed by atoms with Crippen LogP contribution in [0.2, 0.25) is 0 Å². The lowest BCUT2D eigenvalue weighted by Gasteiger charge is -2.31. The van der Waals surface area contributed by atoms with Crippen LogP contribution >= 0.6 is 0 Å². The maximum absolute atomic E-state index is 12.9. The van der Waals surface area contributed by atoms with Gasteiger partial charge in [0.15, 0.2) is 0 Å². The number of carbonyl (C=O) groups is 1. The molecule has 3 rings (SSSR count). The van der Waals surface area contributed by atoms with Gasteiger partial charge in [-0.15, -0.1) is 0 Å². The smallest absolute Gasteiger partial charge is 0.336 e. The van der Waals surface area contributed by atoms with Crippen molar-refractivity contribution in [3.63, 3.8) is 0 Å². The Balaban J connectivity index is 2.00. The maximum Gasteiger partial charge on any atom is 0.336 e. The first-order valence-corrected chi connectivity index (χ1v) is 10.7. The summed E-state index contributed by atoms with van der Waals surface area (Å²) in [6.45, 7) is 4.46. The molecule has 1 aliphatic heterocycles. The molecular formula is C26H31NO2. The van der Waals surface area contributed by atoms with Crippen molar-refractivity contribution in [2.75, 3.05) is 11.5 Å². The number of nitrogens with zero attached hydrogens (tertiary/aromatic N) is 1. The summed E-state index contributed by atoms with van der Waals surface area (Å²) in [5.41, 5.74) is 4.16. The standard InChI is InChI=1S/C26H31NO2/c1-3-5-6-9-16-22-19-27(23-17-12-8-13-18-23)20-24(26(28)29-4-2)25(22)21-14-10-7-11-15-21/h7-8,10-15,17-20,25H,3-6,9,16H2,1-2H3. The predicted octanol–water partition coefficient (Wildman–Crippen LogP) is 6.59. The zero-order valence-corrected chi connectivity index (χ0v) is 17.5. The fourth-order valence-electron chi connectivity index (χ4n) is 3.85. The molecule has 29 heavy (non-hydrogen) atoms. The quantitative estimate of drug-likeness (QED) is 0.358. The molecule has 0 aromatic heterocycles. The van der Waals surface area contributed by atoms with Crippen LogP contribution in [0.1, 0.15) is 57.4 Å². The van der Waals surface area contributed by atoms with Crippen LogP contribution in [0, 0.1) is 0 Å². The van der Waals surface area contributed by atoms with E-state index in [4.69, 9.17) is 4.74 Å². The molecule has 0 aliphatic carbocycles. The third-order valence-electron chi connectivity index (χ3n) is 5.28. The van der Waals surface area contributed by atoms with Crippen molar-refractivity contribution < 1.29 is 9.53 Å². The summed E-state index contributed by atoms with van der Waals surface area (Å²) in [5.74, 6) is -0.293. The summed E-state index contributed by atoms with van der Waals surface area (Å²) in [5, 5.41) is 0. The van der Waals surface area contributed by atoms with E-state index in [0.717, 1.165) is 24.1 Å². The van der Waals surface area contributed by atoms with Crippen molar-refractivity contribution >= 4 is 11.7 Å². The minimum absolute atomic E-state index is 0.0585. The van der Waals surface area contributed by atoms with Gasteiger partial charge in [-0.1, -0.05) is 74.7 Å². The van der Waals surface area contributed by atoms with Gasteiger partial charge in [-0.3, -0.25) is 0 Å². The topological polar surface area (TPSA) is 29.5 Å². The highest BCUT2D eigenvalue weighted by molar-refractivity contribution is 5.92. The minimum atomic E-state index is -0.235. The van der Waals surface area contributed by atoms with Gasteiger partial charge in [-0.05, 0) is 43.0 Å². The van der Waals surface area contributed by atoms with Crippen molar-refractivity contribution in [1.82, 2.24) is 0 Å². The number of anilines is 1. The Morgan fingerprint density at radius 1 is 0.897 bits per heavy atom. The van der Waals surface area contributed by atoms with Crippen LogP contribution in [-0.4, -0.2) is 12.6 Å². The Morgan fingerprint density at radius 3 is 2.24 bits per heavy atom. The third kappa shape index (κ3) is 5.38. The zero-order valence-electron chi connectivity index (χ0n) is 17.5. The molecule has 0 amide bonds. The van der Waals surface area contributed by atoms with E-state index in [-0.39, 0.29) is 11.9 Å². The minimum Gasteiger partial charge on any atom is -0.463 e. The average molecular weight is 390 g/mol. The molecule has 1 heterocycles. The normalized spacial score (nSPS) is 16.2. The van der Waals surface area contributed by atoms with E-state index in [1.54, 1.807) is 0 Å². The number of para-hydroxylation sites is 1. The molecule has 0 bridgehead atoms. The highest BCUT2D eigenvalue weighted by Gasteiger charge is 2.31. The first-order chi connectivity index (χ1) is 14.2. The lowest BCUT2D eigenvalue weighted by molar-refractivity contribution is -0.138. The molecule has 2 aromatic rings. The van der Waals surface area contributed by atoms with Gasteiger partial charge in [0.25, 0.3) is 0 Å². The van der Waals surface area contributed by atoms with Crippen molar-refractivity contribution in [2.24, 2.45) is 0 Å². The van der Waals surface area contributed by atoms with E-state index in [2.05, 4.69) is 42.3 Å². The van der Waals surface area contributed by atoms with Gasteiger partial charge < -0.3 is 9.64 Å². The number of hydrogen-bond acceptors (Lipinski definition) is 3. The van der Waals surface area contributed by atoms with Gasteiger partial charge in [0.05, 0.1) is 12.2 Å². The van der Waals surface area contributed by atoms with E-state index >= 15 is 0 Å². The number of esters is 1. The van der Waals surface area contributed by atoms with Gasteiger partial charge in [-0.25, -0.2) is 4.79 Å². The molecular weight excluding hydrogens is 358 g/mol. The molecule has 2 aromatic carbocycles. The molecule has 3 heteroatoms. The van der Waals surface area contributed by atoms with Crippen molar-refractivity contribution in [1.29, 1.82) is 0 Å². The summed E-state index contributed by atoms with van der Waals surface area (Å²) in [4.78, 5) is 15.0. The SMILES string of the molecule is CCCCCCC1=CN(c2ccccc2)C=C(C(=O)OCC)C1c1ccccc1. The molecule has 152 valence electrons. The van der Waals surface area contributed by atoms with E-state index in [1.165, 1.54) is 24.8 Å². The van der Waals surface area contributed by atoms with Crippen LogP contribution in [0.3, 0.4) is 0 Å². The van der Waals surface area contributed by atoms with Gasteiger partial charge >= 0.3 is 5.97 Å². The van der Waals surface area contributed by atoms with Gasteiger partial charge in [0.1, 0.15) is 0 Å². The van der Waals surface area contributed by atoms with Crippen molar-refractivity contribution in [3.8, 4) is 0 Å². The molecule has 0 N–H and O–H groups in total. The number of benzene rings is 2. The van der Waals surface area contributed by atoms with Gasteiger partial charge in [0, 0.05) is 24.0 Å². The number of allylic oxidation sites excluding steroid dienone is 1. The summed E-state index contributed by atoms with van der Waals surface area (Å²) in [6, 6.07) is 20.5. The second kappa shape index (κ2) is 10.7. The van der Waals surface area contributed by atoms with E-state index in [0.29, 0.717) is 12.2 Å². The summed E-state index contributed by atoms with van der Waals surface area (Å²) in [7, 11) is 0. The lowest BCUT2D eigenvalue weighted by Crippen LogP contribution is -2.25. The Bertz CT molecular complexity index is 840. The zero-order chi connectivity index (χ0) is 20.5. The van der Waals surface area contributed by atoms with Crippen LogP contribution in [0.5, 0.6) is 0 Å². The molecule has 1 atom stereocenters. The van der Waals surface area contributed by atoms with E-state index in [1.807, 2.05) is 49.5 Å². The second-order valence-electron chi connectivity index (χ2n) is 7.41. The number of ether oxygens (including phenoxy) is 1. The number of rotatable bonds is 9.